The van der Waals surface area contributed by atoms with E-state index in [1.807, 2.05) is 20.8 Å². The molecule has 0 bridgehead atoms. The molecule has 3 atom stereocenters. The van der Waals surface area contributed by atoms with E-state index in [0.717, 1.165) is 12.1 Å². The number of amides is 2. The zero-order valence-electron chi connectivity index (χ0n) is 20.8. The number of aliphatic hydroxyl groups is 1. The summed E-state index contributed by atoms with van der Waals surface area (Å²) < 4.78 is 28.6. The first-order valence-electron chi connectivity index (χ1n) is 12.1. The minimum absolute atomic E-state index is 0.154. The molecule has 194 valence electrons. The van der Waals surface area contributed by atoms with E-state index in [-0.39, 0.29) is 17.1 Å². The molecule has 36 heavy (non-hydrogen) atoms. The minimum Gasteiger partial charge on any atom is -0.390 e. The van der Waals surface area contributed by atoms with Crippen LogP contribution in [0, 0.1) is 17.0 Å². The van der Waals surface area contributed by atoms with Gasteiger partial charge in [-0.05, 0) is 60.9 Å². The first kappa shape index (κ1) is 26.5. The summed E-state index contributed by atoms with van der Waals surface area (Å²) in [5, 5.41) is 19.5. The van der Waals surface area contributed by atoms with Crippen LogP contribution in [0.15, 0.2) is 36.4 Å². The number of fused-ring (bicyclic) bond motifs is 1. The van der Waals surface area contributed by atoms with Gasteiger partial charge in [-0.1, -0.05) is 44.5 Å². The van der Waals surface area contributed by atoms with Crippen LogP contribution >= 0.6 is 11.6 Å². The fourth-order valence-electron chi connectivity index (χ4n) is 5.17. The van der Waals surface area contributed by atoms with Crippen LogP contribution in [0.25, 0.3) is 0 Å². The van der Waals surface area contributed by atoms with E-state index in [0.29, 0.717) is 35.4 Å². The molecule has 2 aliphatic rings. The lowest BCUT2D eigenvalue weighted by molar-refractivity contribution is -0.131. The molecule has 1 aliphatic heterocycles. The number of nitrogens with one attached hydrogen (secondary N) is 3. The molecule has 2 amide bonds. The first-order chi connectivity index (χ1) is 16.7. The highest BCUT2D eigenvalue weighted by molar-refractivity contribution is 6.30. The summed E-state index contributed by atoms with van der Waals surface area (Å²) in [4.78, 5) is 27.2. The minimum atomic E-state index is -1.07. The van der Waals surface area contributed by atoms with Gasteiger partial charge in [-0.3, -0.25) is 14.9 Å². The molecule has 6 nitrogen and oxygen atoms in total. The smallest absolute Gasteiger partial charge is 0.238 e. The van der Waals surface area contributed by atoms with Gasteiger partial charge in [0.15, 0.2) is 11.6 Å². The molecule has 4 N–H and O–H groups in total. The van der Waals surface area contributed by atoms with Crippen molar-refractivity contribution in [3.8, 4) is 0 Å². The molecule has 1 fully saturated rings. The van der Waals surface area contributed by atoms with Crippen LogP contribution in [0.2, 0.25) is 5.02 Å². The molecule has 1 heterocycles. The third-order valence-electron chi connectivity index (χ3n) is 6.75. The number of carbonyl (C=O) groups excluding carboxylic acids is 2. The standard InChI is InChI=1S/C27H32ClF2N3O3/c1-26(2,3)13-21-17-9-18(29)19(30)10-20(17)33-24(34)22(14-6-5-7-15(28)8-14)23(32-21)25(35)31-16-11-27(4,36)12-16/h5-10,16,21-23,32,36H,11-13H2,1-4H3,(H,31,35)(H,33,34)/t16?,21?,22-,23+,27?/m0/s1. The predicted octanol–water partition coefficient (Wildman–Crippen LogP) is 4.82. The molecular weight excluding hydrogens is 488 g/mol. The molecule has 1 aliphatic carbocycles. The van der Waals surface area contributed by atoms with Crippen molar-refractivity contribution in [2.45, 2.75) is 76.6 Å². The molecule has 1 saturated carbocycles. The van der Waals surface area contributed by atoms with Crippen molar-refractivity contribution >= 4 is 29.1 Å². The van der Waals surface area contributed by atoms with Gasteiger partial charge >= 0.3 is 0 Å². The Morgan fingerprint density at radius 2 is 1.86 bits per heavy atom. The molecule has 2 aromatic carbocycles. The molecule has 9 heteroatoms. The van der Waals surface area contributed by atoms with Crippen LogP contribution in [-0.2, 0) is 9.59 Å². The molecule has 4 rings (SSSR count). The second kappa shape index (κ2) is 9.72. The third-order valence-corrected chi connectivity index (χ3v) is 6.98. The molecule has 0 radical (unpaired) electrons. The van der Waals surface area contributed by atoms with Gasteiger partial charge in [0.25, 0.3) is 0 Å². The number of rotatable bonds is 4. The van der Waals surface area contributed by atoms with Crippen LogP contribution in [0.5, 0.6) is 0 Å². The molecule has 0 spiro atoms. The van der Waals surface area contributed by atoms with E-state index in [9.17, 15) is 23.5 Å². The number of hydrogen-bond donors (Lipinski definition) is 4. The number of carbonyl (C=O) groups is 2. The van der Waals surface area contributed by atoms with Crippen molar-refractivity contribution in [3.05, 3.63) is 64.2 Å². The van der Waals surface area contributed by atoms with Gasteiger partial charge in [-0.15, -0.1) is 0 Å². The summed E-state index contributed by atoms with van der Waals surface area (Å²) in [6.07, 6.45) is 1.28. The van der Waals surface area contributed by atoms with Crippen molar-refractivity contribution in [2.75, 3.05) is 5.32 Å². The van der Waals surface area contributed by atoms with Gasteiger partial charge in [0.05, 0.1) is 11.5 Å². The van der Waals surface area contributed by atoms with Crippen LogP contribution in [-0.4, -0.2) is 34.6 Å². The first-order valence-corrected chi connectivity index (χ1v) is 12.4. The Hall–Kier alpha value is -2.55. The van der Waals surface area contributed by atoms with Crippen molar-refractivity contribution in [1.29, 1.82) is 0 Å². The quantitative estimate of drug-likeness (QED) is 0.466. The van der Waals surface area contributed by atoms with Crippen molar-refractivity contribution in [3.63, 3.8) is 0 Å². The Morgan fingerprint density at radius 3 is 2.47 bits per heavy atom. The predicted molar refractivity (Wildman–Crippen MR) is 135 cm³/mol. The van der Waals surface area contributed by atoms with Crippen molar-refractivity contribution in [1.82, 2.24) is 10.6 Å². The van der Waals surface area contributed by atoms with Crippen LogP contribution in [0.4, 0.5) is 14.5 Å². The molecular formula is C27H32ClF2N3O3. The highest BCUT2D eigenvalue weighted by Gasteiger charge is 2.44. The molecule has 0 aromatic heterocycles. The Balaban J connectivity index is 1.80. The zero-order chi connectivity index (χ0) is 26.4. The SMILES string of the molecule is CC(C)(C)CC1N[C@@H](C(=O)NC2CC(C)(O)C2)[C@H](c2cccc(Cl)c2)C(=O)Nc2cc(F)c(F)cc21. The third kappa shape index (κ3) is 5.88. The maximum absolute atomic E-state index is 14.4. The Kier molecular flexibility index (Phi) is 7.16. The lowest BCUT2D eigenvalue weighted by atomic mass is 9.77. The van der Waals surface area contributed by atoms with Crippen molar-refractivity contribution in [2.24, 2.45) is 5.41 Å². The summed E-state index contributed by atoms with van der Waals surface area (Å²) in [6, 6.07) is 6.89. The lowest BCUT2D eigenvalue weighted by Crippen LogP contribution is -2.59. The number of hydrogen-bond acceptors (Lipinski definition) is 4. The van der Waals surface area contributed by atoms with Gasteiger partial charge in [-0.25, -0.2) is 8.78 Å². The highest BCUT2D eigenvalue weighted by Crippen LogP contribution is 2.39. The maximum atomic E-state index is 14.4. The van der Waals surface area contributed by atoms with Gasteiger partial charge < -0.3 is 15.7 Å². The molecule has 0 saturated heterocycles. The Labute approximate surface area is 214 Å². The van der Waals surface area contributed by atoms with Gasteiger partial charge in [-0.2, -0.15) is 0 Å². The second-order valence-corrected chi connectivity index (χ2v) is 11.9. The average molecular weight is 520 g/mol. The van der Waals surface area contributed by atoms with E-state index >= 15 is 0 Å². The second-order valence-electron chi connectivity index (χ2n) is 11.4. The number of anilines is 1. The number of benzene rings is 2. The highest BCUT2D eigenvalue weighted by atomic mass is 35.5. The lowest BCUT2D eigenvalue weighted by Gasteiger charge is -2.43. The zero-order valence-corrected chi connectivity index (χ0v) is 21.5. The summed E-state index contributed by atoms with van der Waals surface area (Å²) in [5.74, 6) is -4.08. The largest absolute Gasteiger partial charge is 0.390 e. The maximum Gasteiger partial charge on any atom is 0.238 e. The van der Waals surface area contributed by atoms with Crippen LogP contribution < -0.4 is 16.0 Å². The van der Waals surface area contributed by atoms with Crippen LogP contribution in [0.1, 0.15) is 70.0 Å². The fraction of sp³-hybridized carbons (Fsp3) is 0.481. The fourth-order valence-corrected chi connectivity index (χ4v) is 5.37. The molecule has 1 unspecified atom stereocenters. The number of halogens is 3. The molecule has 2 aromatic rings. The van der Waals surface area contributed by atoms with Gasteiger partial charge in [0, 0.05) is 28.9 Å². The summed E-state index contributed by atoms with van der Waals surface area (Å²) in [6.45, 7) is 7.72. The monoisotopic (exact) mass is 519 g/mol. The Bertz CT molecular complexity index is 1170. The van der Waals surface area contributed by atoms with E-state index in [1.165, 1.54) is 0 Å². The van der Waals surface area contributed by atoms with E-state index in [2.05, 4.69) is 16.0 Å². The summed E-state index contributed by atoms with van der Waals surface area (Å²) >= 11 is 6.22. The van der Waals surface area contributed by atoms with E-state index in [1.54, 1.807) is 31.2 Å². The Morgan fingerprint density at radius 1 is 1.19 bits per heavy atom. The average Bonchev–Trinajstić information content (AvgIpc) is 2.72. The summed E-state index contributed by atoms with van der Waals surface area (Å²) in [5.41, 5.74) is -0.0605. The summed E-state index contributed by atoms with van der Waals surface area (Å²) in [7, 11) is 0. The normalized spacial score (nSPS) is 28.3. The van der Waals surface area contributed by atoms with Crippen LogP contribution in [0.3, 0.4) is 0 Å². The van der Waals surface area contributed by atoms with E-state index < -0.39 is 47.1 Å². The van der Waals surface area contributed by atoms with Gasteiger partial charge in [0.2, 0.25) is 11.8 Å². The van der Waals surface area contributed by atoms with Crippen molar-refractivity contribution < 1.29 is 23.5 Å². The van der Waals surface area contributed by atoms with E-state index in [4.69, 9.17) is 11.6 Å². The van der Waals surface area contributed by atoms with Gasteiger partial charge in [0.1, 0.15) is 6.04 Å². The topological polar surface area (TPSA) is 90.5 Å².